The maximum Gasteiger partial charge on any atom is 0.288 e. The molecule has 2 amide bonds. The van der Waals surface area contributed by atoms with Gasteiger partial charge in [0.05, 0.1) is 17.0 Å². The summed E-state index contributed by atoms with van der Waals surface area (Å²) in [6.07, 6.45) is 2.07. The van der Waals surface area contributed by atoms with E-state index in [2.05, 4.69) is 5.32 Å². The number of hydrogen-bond donors (Lipinski definition) is 1. The second-order valence-corrected chi connectivity index (χ2v) is 6.75. The normalized spacial score (nSPS) is 15.0. The molecule has 8 heteroatoms. The molecule has 0 unspecified atom stereocenters. The van der Waals surface area contributed by atoms with E-state index in [0.717, 1.165) is 42.3 Å². The van der Waals surface area contributed by atoms with Crippen LogP contribution in [0.25, 0.3) is 0 Å². The van der Waals surface area contributed by atoms with Crippen molar-refractivity contribution in [2.75, 3.05) is 16.8 Å². The third-order valence-corrected chi connectivity index (χ3v) is 4.99. The Hall–Kier alpha value is -2.93. The largest absolute Gasteiger partial charge is 0.322 e. The predicted molar refractivity (Wildman–Crippen MR) is 96.9 cm³/mol. The fourth-order valence-electron chi connectivity index (χ4n) is 3.55. The maximum atomic E-state index is 12.5. The maximum absolute atomic E-state index is 12.5. The first-order valence-electron chi connectivity index (χ1n) is 8.15. The molecule has 0 radical (unpaired) electrons. The van der Waals surface area contributed by atoms with E-state index >= 15 is 0 Å². The number of nitro groups is 1. The summed E-state index contributed by atoms with van der Waals surface area (Å²) in [5, 5.41) is 13.7. The summed E-state index contributed by atoms with van der Waals surface area (Å²) in [5.74, 6) is -0.383. The number of hydrogen-bond acceptors (Lipinski definition) is 4. The highest BCUT2D eigenvalue weighted by molar-refractivity contribution is 6.32. The van der Waals surface area contributed by atoms with Crippen LogP contribution in [0.4, 0.5) is 17.1 Å². The Bertz CT molecular complexity index is 973. The van der Waals surface area contributed by atoms with Crippen molar-refractivity contribution in [3.05, 3.63) is 62.2 Å². The lowest BCUT2D eigenvalue weighted by Gasteiger charge is -2.26. The lowest BCUT2D eigenvalue weighted by molar-refractivity contribution is -0.384. The van der Waals surface area contributed by atoms with Gasteiger partial charge < -0.3 is 10.2 Å². The van der Waals surface area contributed by atoms with Crippen LogP contribution in [0.15, 0.2) is 30.3 Å². The van der Waals surface area contributed by atoms with E-state index < -0.39 is 10.8 Å². The molecule has 2 heterocycles. The first kappa shape index (κ1) is 16.5. The van der Waals surface area contributed by atoms with Crippen molar-refractivity contribution in [3.63, 3.8) is 0 Å². The van der Waals surface area contributed by atoms with Crippen LogP contribution in [-0.2, 0) is 17.6 Å². The Morgan fingerprint density at radius 2 is 2.00 bits per heavy atom. The van der Waals surface area contributed by atoms with Crippen molar-refractivity contribution in [1.29, 1.82) is 0 Å². The molecule has 2 aromatic rings. The summed E-state index contributed by atoms with van der Waals surface area (Å²) in [5.41, 5.74) is 3.33. The van der Waals surface area contributed by atoms with E-state index in [1.807, 2.05) is 11.0 Å². The van der Waals surface area contributed by atoms with Gasteiger partial charge in [-0.15, -0.1) is 0 Å². The molecule has 2 aliphatic rings. The lowest BCUT2D eigenvalue weighted by atomic mass is 9.99. The zero-order valence-corrected chi connectivity index (χ0v) is 14.4. The third-order valence-electron chi connectivity index (χ3n) is 4.67. The van der Waals surface area contributed by atoms with Crippen LogP contribution in [0.5, 0.6) is 0 Å². The number of carbonyl (C=O) groups excluding carboxylic acids is 2. The molecule has 132 valence electrons. The van der Waals surface area contributed by atoms with Crippen molar-refractivity contribution in [2.24, 2.45) is 0 Å². The van der Waals surface area contributed by atoms with Crippen molar-refractivity contribution < 1.29 is 14.5 Å². The van der Waals surface area contributed by atoms with Gasteiger partial charge in [0.15, 0.2) is 0 Å². The van der Waals surface area contributed by atoms with Crippen LogP contribution in [0.3, 0.4) is 0 Å². The van der Waals surface area contributed by atoms with Gasteiger partial charge in [-0.2, -0.15) is 0 Å². The fraction of sp³-hybridized carbons (Fsp3) is 0.222. The van der Waals surface area contributed by atoms with Crippen LogP contribution in [-0.4, -0.2) is 23.3 Å². The average Bonchev–Trinajstić information content (AvgIpc) is 2.92. The summed E-state index contributed by atoms with van der Waals surface area (Å²) in [7, 11) is 0. The number of aryl methyl sites for hydroxylation is 1. The minimum atomic E-state index is -0.626. The summed E-state index contributed by atoms with van der Waals surface area (Å²) >= 11 is 5.78. The molecule has 1 N–H and O–H groups in total. The Kier molecular flexibility index (Phi) is 3.88. The van der Waals surface area contributed by atoms with Crippen LogP contribution < -0.4 is 10.2 Å². The lowest BCUT2D eigenvalue weighted by Crippen LogP contribution is -2.31. The number of carbonyl (C=O) groups is 2. The second-order valence-electron chi connectivity index (χ2n) is 6.35. The molecule has 0 bridgehead atoms. The minimum Gasteiger partial charge on any atom is -0.322 e. The predicted octanol–water partition coefficient (Wildman–Crippen LogP) is 3.34. The Labute approximate surface area is 153 Å². The SMILES string of the molecule is O=C(Nc1cc2c3c(c1)CC(=O)N3CCC2)c1ccc(Cl)c([N+](=O)[O-])c1. The molecule has 0 aliphatic carbocycles. The number of nitrogens with zero attached hydrogens (tertiary/aromatic N) is 2. The molecule has 2 aliphatic heterocycles. The van der Waals surface area contributed by atoms with Crippen LogP contribution in [0, 0.1) is 10.1 Å². The van der Waals surface area contributed by atoms with Gasteiger partial charge in [0, 0.05) is 23.9 Å². The summed E-state index contributed by atoms with van der Waals surface area (Å²) in [4.78, 5) is 36.8. The molecule has 7 nitrogen and oxygen atoms in total. The average molecular weight is 372 g/mol. The Morgan fingerprint density at radius 3 is 2.77 bits per heavy atom. The fourth-order valence-corrected chi connectivity index (χ4v) is 3.74. The highest BCUT2D eigenvalue weighted by atomic mass is 35.5. The van der Waals surface area contributed by atoms with Crippen LogP contribution in [0.2, 0.25) is 5.02 Å². The Balaban J connectivity index is 1.64. The molecule has 0 saturated heterocycles. The number of rotatable bonds is 3. The quantitative estimate of drug-likeness (QED) is 0.661. The molecule has 0 atom stereocenters. The second kappa shape index (κ2) is 6.10. The van der Waals surface area contributed by atoms with Crippen LogP contribution >= 0.6 is 11.6 Å². The van der Waals surface area contributed by atoms with Gasteiger partial charge >= 0.3 is 0 Å². The molecule has 2 aromatic carbocycles. The van der Waals surface area contributed by atoms with Gasteiger partial charge in [-0.1, -0.05) is 11.6 Å². The third kappa shape index (κ3) is 2.70. The monoisotopic (exact) mass is 371 g/mol. The molecule has 4 rings (SSSR count). The van der Waals surface area contributed by atoms with E-state index in [4.69, 9.17) is 11.6 Å². The van der Waals surface area contributed by atoms with Crippen molar-refractivity contribution >= 4 is 40.5 Å². The molecule has 0 saturated carbocycles. The zero-order valence-electron chi connectivity index (χ0n) is 13.6. The van der Waals surface area contributed by atoms with Gasteiger partial charge in [-0.3, -0.25) is 19.7 Å². The van der Waals surface area contributed by atoms with E-state index in [1.165, 1.54) is 12.1 Å². The summed E-state index contributed by atoms with van der Waals surface area (Å²) in [6.45, 7) is 0.735. The molecule has 0 spiro atoms. The number of halogens is 1. The van der Waals surface area contributed by atoms with E-state index in [0.29, 0.717) is 12.1 Å². The van der Waals surface area contributed by atoms with E-state index in [9.17, 15) is 19.7 Å². The first-order chi connectivity index (χ1) is 12.4. The van der Waals surface area contributed by atoms with Crippen molar-refractivity contribution in [1.82, 2.24) is 0 Å². The summed E-state index contributed by atoms with van der Waals surface area (Å²) < 4.78 is 0. The van der Waals surface area contributed by atoms with Crippen molar-refractivity contribution in [2.45, 2.75) is 19.3 Å². The van der Waals surface area contributed by atoms with Gasteiger partial charge in [0.2, 0.25) is 5.91 Å². The first-order valence-corrected chi connectivity index (χ1v) is 8.53. The highest BCUT2D eigenvalue weighted by Gasteiger charge is 2.32. The van der Waals surface area contributed by atoms with Gasteiger partial charge in [-0.05, 0) is 48.2 Å². The molecular weight excluding hydrogens is 358 g/mol. The number of anilines is 2. The number of amides is 2. The smallest absolute Gasteiger partial charge is 0.288 e. The summed E-state index contributed by atoms with van der Waals surface area (Å²) in [6, 6.07) is 7.58. The van der Waals surface area contributed by atoms with Gasteiger partial charge in [0.25, 0.3) is 11.6 Å². The van der Waals surface area contributed by atoms with Gasteiger partial charge in [0.1, 0.15) is 5.02 Å². The van der Waals surface area contributed by atoms with Crippen LogP contribution in [0.1, 0.15) is 27.9 Å². The molecule has 0 fully saturated rings. The number of nitrogens with one attached hydrogen (secondary N) is 1. The molecule has 26 heavy (non-hydrogen) atoms. The number of benzene rings is 2. The molecule has 0 aromatic heterocycles. The van der Waals surface area contributed by atoms with E-state index in [-0.39, 0.29) is 22.2 Å². The zero-order chi connectivity index (χ0) is 18.4. The van der Waals surface area contributed by atoms with E-state index in [1.54, 1.807) is 6.07 Å². The van der Waals surface area contributed by atoms with Gasteiger partial charge in [-0.25, -0.2) is 0 Å². The minimum absolute atomic E-state index is 0.0212. The standard InChI is InChI=1S/C18H14ClN3O4/c19-14-4-3-11(8-15(14)22(25)26)18(24)20-13-6-10-2-1-5-21-16(23)9-12(7-13)17(10)21/h3-4,6-8H,1-2,5,9H2,(H,20,24). The topological polar surface area (TPSA) is 92.6 Å². The van der Waals surface area contributed by atoms with Crippen molar-refractivity contribution in [3.8, 4) is 0 Å². The molecular formula is C18H14ClN3O4. The highest BCUT2D eigenvalue weighted by Crippen LogP contribution is 2.39. The number of nitro benzene ring substituents is 1. The Morgan fingerprint density at radius 1 is 1.23 bits per heavy atom.